The van der Waals surface area contributed by atoms with E-state index in [-0.39, 0.29) is 11.9 Å². The van der Waals surface area contributed by atoms with Crippen LogP contribution in [0.5, 0.6) is 5.75 Å². The number of aromatic nitrogens is 1. The molecule has 4 nitrogen and oxygen atoms in total. The van der Waals surface area contributed by atoms with Crippen LogP contribution in [0.2, 0.25) is 0 Å². The minimum Gasteiger partial charge on any atom is -0.497 e. The number of rotatable bonds is 5. The Morgan fingerprint density at radius 2 is 1.96 bits per heavy atom. The van der Waals surface area contributed by atoms with E-state index in [1.54, 1.807) is 23.3 Å². The van der Waals surface area contributed by atoms with Crippen molar-refractivity contribution in [2.45, 2.75) is 26.4 Å². The van der Waals surface area contributed by atoms with E-state index in [1.165, 1.54) is 0 Å². The van der Waals surface area contributed by atoms with Gasteiger partial charge < -0.3 is 14.2 Å². The van der Waals surface area contributed by atoms with Crippen LogP contribution in [0.25, 0.3) is 10.2 Å². The Bertz CT molecular complexity index is 846. The summed E-state index contributed by atoms with van der Waals surface area (Å²) in [5.74, 6) is 0.865. The summed E-state index contributed by atoms with van der Waals surface area (Å²) in [5.41, 5.74) is 2.97. The number of nitrogens with zero attached hydrogens (tertiary/aromatic N) is 2. The fraction of sp³-hybridized carbons (Fsp3) is 0.316. The number of ether oxygens (including phenoxy) is 1. The first-order valence-electron chi connectivity index (χ1n) is 7.98. The van der Waals surface area contributed by atoms with Crippen LogP contribution >= 0.6 is 11.3 Å². The average molecular weight is 342 g/mol. The van der Waals surface area contributed by atoms with Crippen molar-refractivity contribution in [3.05, 3.63) is 53.0 Å². The molecule has 2 heterocycles. The Kier molecular flexibility index (Phi) is 4.62. The Balaban J connectivity index is 1.85. The molecule has 126 valence electrons. The topological polar surface area (TPSA) is 34.5 Å². The summed E-state index contributed by atoms with van der Waals surface area (Å²) in [7, 11) is 3.49. The van der Waals surface area contributed by atoms with Crippen LogP contribution < -0.4 is 4.74 Å². The van der Waals surface area contributed by atoms with Gasteiger partial charge in [0.1, 0.15) is 11.4 Å². The van der Waals surface area contributed by atoms with Gasteiger partial charge in [-0.25, -0.2) is 0 Å². The minimum absolute atomic E-state index is 0.0444. The van der Waals surface area contributed by atoms with Crippen LogP contribution in [-0.2, 0) is 6.54 Å². The van der Waals surface area contributed by atoms with Gasteiger partial charge in [-0.05, 0) is 49.1 Å². The van der Waals surface area contributed by atoms with E-state index in [4.69, 9.17) is 4.74 Å². The van der Waals surface area contributed by atoms with Gasteiger partial charge >= 0.3 is 0 Å². The first-order valence-corrected chi connectivity index (χ1v) is 8.86. The van der Waals surface area contributed by atoms with Crippen molar-refractivity contribution in [1.82, 2.24) is 9.47 Å². The number of carbonyl (C=O) groups excluding carboxylic acids is 1. The van der Waals surface area contributed by atoms with Crippen LogP contribution in [-0.4, -0.2) is 29.5 Å². The molecule has 0 N–H and O–H groups in total. The average Bonchev–Trinajstić information content (AvgIpc) is 3.15. The van der Waals surface area contributed by atoms with Gasteiger partial charge in [-0.2, -0.15) is 0 Å². The lowest BCUT2D eigenvalue weighted by Crippen LogP contribution is -2.28. The van der Waals surface area contributed by atoms with Crippen LogP contribution in [0.3, 0.4) is 0 Å². The third kappa shape index (κ3) is 3.04. The lowest BCUT2D eigenvalue weighted by atomic mass is 10.2. The molecule has 0 bridgehead atoms. The molecule has 0 spiro atoms. The summed E-state index contributed by atoms with van der Waals surface area (Å²) in [5, 5.41) is 2.07. The van der Waals surface area contributed by atoms with Gasteiger partial charge in [0.05, 0.1) is 17.3 Å². The smallest absolute Gasteiger partial charge is 0.270 e. The highest BCUT2D eigenvalue weighted by molar-refractivity contribution is 7.17. The molecule has 3 aromatic rings. The van der Waals surface area contributed by atoms with Crippen molar-refractivity contribution in [2.24, 2.45) is 0 Å². The standard InChI is InChI=1S/C19H22N2O2S/c1-13(2)21-16-9-10-24-18(16)11-17(21)19(22)20(3)12-14-5-7-15(23-4)8-6-14/h5-11,13H,12H2,1-4H3. The third-order valence-electron chi connectivity index (χ3n) is 4.12. The summed E-state index contributed by atoms with van der Waals surface area (Å²) in [6.07, 6.45) is 0. The predicted molar refractivity (Wildman–Crippen MR) is 99.0 cm³/mol. The molecule has 0 atom stereocenters. The molecule has 5 heteroatoms. The summed E-state index contributed by atoms with van der Waals surface area (Å²) in [6.45, 7) is 4.79. The molecule has 1 aromatic carbocycles. The van der Waals surface area contributed by atoms with E-state index >= 15 is 0 Å². The number of amides is 1. The van der Waals surface area contributed by atoms with Crippen molar-refractivity contribution in [2.75, 3.05) is 14.2 Å². The second kappa shape index (κ2) is 6.69. The van der Waals surface area contributed by atoms with Gasteiger partial charge in [0.2, 0.25) is 0 Å². The van der Waals surface area contributed by atoms with E-state index in [9.17, 15) is 4.79 Å². The number of methoxy groups -OCH3 is 1. The molecule has 0 aliphatic heterocycles. The molecule has 0 saturated heterocycles. The molecule has 0 fully saturated rings. The highest BCUT2D eigenvalue weighted by Crippen LogP contribution is 2.29. The second-order valence-electron chi connectivity index (χ2n) is 6.17. The molecular weight excluding hydrogens is 320 g/mol. The van der Waals surface area contributed by atoms with Gasteiger partial charge in [-0.15, -0.1) is 11.3 Å². The highest BCUT2D eigenvalue weighted by atomic mass is 32.1. The van der Waals surface area contributed by atoms with Crippen LogP contribution in [0.1, 0.15) is 35.9 Å². The zero-order valence-electron chi connectivity index (χ0n) is 14.4. The molecule has 0 unspecified atom stereocenters. The Morgan fingerprint density at radius 3 is 2.58 bits per heavy atom. The van der Waals surface area contributed by atoms with Crippen LogP contribution in [0.15, 0.2) is 41.8 Å². The summed E-state index contributed by atoms with van der Waals surface area (Å²) < 4.78 is 8.46. The normalized spacial score (nSPS) is 11.2. The zero-order valence-corrected chi connectivity index (χ0v) is 15.3. The first-order chi connectivity index (χ1) is 11.5. The molecule has 2 aromatic heterocycles. The van der Waals surface area contributed by atoms with Crippen molar-refractivity contribution in [3.63, 3.8) is 0 Å². The summed E-state index contributed by atoms with van der Waals surface area (Å²) in [6, 6.07) is 12.1. The van der Waals surface area contributed by atoms with Crippen molar-refractivity contribution in [3.8, 4) is 5.75 Å². The number of thiophene rings is 1. The largest absolute Gasteiger partial charge is 0.497 e. The molecule has 0 saturated carbocycles. The number of hydrogen-bond acceptors (Lipinski definition) is 3. The molecule has 3 rings (SSSR count). The lowest BCUT2D eigenvalue weighted by Gasteiger charge is -2.20. The fourth-order valence-corrected chi connectivity index (χ4v) is 3.75. The van der Waals surface area contributed by atoms with Gasteiger partial charge in [0.25, 0.3) is 5.91 Å². The predicted octanol–water partition coefficient (Wildman–Crippen LogP) is 4.56. The lowest BCUT2D eigenvalue weighted by molar-refractivity contribution is 0.0773. The van der Waals surface area contributed by atoms with Gasteiger partial charge in [-0.3, -0.25) is 4.79 Å². The fourth-order valence-electron chi connectivity index (χ4n) is 2.94. The third-order valence-corrected chi connectivity index (χ3v) is 4.97. The molecule has 0 radical (unpaired) electrons. The second-order valence-corrected chi connectivity index (χ2v) is 7.12. The van der Waals surface area contributed by atoms with Gasteiger partial charge in [-0.1, -0.05) is 12.1 Å². The van der Waals surface area contributed by atoms with Crippen molar-refractivity contribution >= 4 is 27.5 Å². The van der Waals surface area contributed by atoms with Crippen LogP contribution in [0, 0.1) is 0 Å². The van der Waals surface area contributed by atoms with Gasteiger partial charge in [0.15, 0.2) is 0 Å². The SMILES string of the molecule is COc1ccc(CN(C)C(=O)c2cc3sccc3n2C(C)C)cc1. The van der Waals surface area contributed by atoms with Crippen molar-refractivity contribution in [1.29, 1.82) is 0 Å². The molecule has 0 aliphatic rings. The van der Waals surface area contributed by atoms with E-state index in [0.717, 1.165) is 27.2 Å². The van der Waals surface area contributed by atoms with E-state index in [2.05, 4.69) is 29.9 Å². The quantitative estimate of drug-likeness (QED) is 0.681. The van der Waals surface area contributed by atoms with Crippen molar-refractivity contribution < 1.29 is 9.53 Å². The maximum absolute atomic E-state index is 13.0. The Labute approximate surface area is 146 Å². The number of benzene rings is 1. The monoisotopic (exact) mass is 342 g/mol. The highest BCUT2D eigenvalue weighted by Gasteiger charge is 2.21. The number of fused-ring (bicyclic) bond motifs is 1. The number of carbonyl (C=O) groups is 1. The van der Waals surface area contributed by atoms with Crippen LogP contribution in [0.4, 0.5) is 0 Å². The Hall–Kier alpha value is -2.27. The van der Waals surface area contributed by atoms with E-state index in [1.807, 2.05) is 37.4 Å². The maximum Gasteiger partial charge on any atom is 0.270 e. The maximum atomic E-state index is 13.0. The minimum atomic E-state index is 0.0444. The molecule has 24 heavy (non-hydrogen) atoms. The first kappa shape index (κ1) is 16.6. The van der Waals surface area contributed by atoms with Gasteiger partial charge in [0, 0.05) is 19.6 Å². The summed E-state index contributed by atoms with van der Waals surface area (Å²) in [4.78, 5) is 14.7. The molecule has 1 amide bonds. The zero-order chi connectivity index (χ0) is 17.3. The molecular formula is C19H22N2O2S. The summed E-state index contributed by atoms with van der Waals surface area (Å²) >= 11 is 1.67. The van der Waals surface area contributed by atoms with E-state index in [0.29, 0.717) is 6.54 Å². The molecule has 0 aliphatic carbocycles. The number of hydrogen-bond donors (Lipinski definition) is 0. The van der Waals surface area contributed by atoms with E-state index < -0.39 is 0 Å². The Morgan fingerprint density at radius 1 is 1.25 bits per heavy atom.